The summed E-state index contributed by atoms with van der Waals surface area (Å²) in [6.45, 7) is 6.69. The van der Waals surface area contributed by atoms with Crippen LogP contribution in [-0.2, 0) is 11.3 Å². The Morgan fingerprint density at radius 3 is 2.70 bits per heavy atom. The third-order valence-electron chi connectivity index (χ3n) is 5.95. The lowest BCUT2D eigenvalue weighted by molar-refractivity contribution is -0.137. The maximum absolute atomic E-state index is 10.4. The van der Waals surface area contributed by atoms with Crippen molar-refractivity contribution >= 4 is 0 Å². The lowest BCUT2D eigenvalue weighted by Gasteiger charge is -2.47. The summed E-state index contributed by atoms with van der Waals surface area (Å²) in [5.74, 6) is 0. The molecule has 2 N–H and O–H groups in total. The van der Waals surface area contributed by atoms with Gasteiger partial charge in [0.1, 0.15) is 0 Å². The molecule has 3 heterocycles. The highest BCUT2D eigenvalue weighted by molar-refractivity contribution is 5.17. The highest BCUT2D eigenvalue weighted by Crippen LogP contribution is 2.31. The van der Waals surface area contributed by atoms with Crippen LogP contribution in [0.25, 0.3) is 0 Å². The van der Waals surface area contributed by atoms with E-state index in [9.17, 15) is 5.11 Å². The van der Waals surface area contributed by atoms with Crippen molar-refractivity contribution in [2.45, 2.75) is 37.5 Å². The quantitative estimate of drug-likeness (QED) is 0.816. The first kappa shape index (κ1) is 18.6. The molecule has 1 spiro atoms. The summed E-state index contributed by atoms with van der Waals surface area (Å²) < 4.78 is 6.26. The smallest absolute Gasteiger partial charge is 0.0922 e. The van der Waals surface area contributed by atoms with Crippen LogP contribution in [0.15, 0.2) is 42.9 Å². The highest BCUT2D eigenvalue weighted by atomic mass is 16.5. The number of aliphatic hydroxyl groups excluding tert-OH is 1. The van der Waals surface area contributed by atoms with Gasteiger partial charge in [-0.2, -0.15) is 0 Å². The van der Waals surface area contributed by atoms with Crippen LogP contribution in [0, 0.1) is 0 Å². The van der Waals surface area contributed by atoms with Crippen LogP contribution in [0.1, 0.15) is 36.6 Å². The van der Waals surface area contributed by atoms with Gasteiger partial charge in [-0.3, -0.25) is 9.80 Å². The normalized spacial score (nSPS) is 22.1. The van der Waals surface area contributed by atoms with Crippen LogP contribution < -0.4 is 0 Å². The van der Waals surface area contributed by atoms with Gasteiger partial charge in [-0.1, -0.05) is 30.3 Å². The number of aliphatic hydroxyl groups is 1. The van der Waals surface area contributed by atoms with Gasteiger partial charge in [0.25, 0.3) is 0 Å². The molecule has 1 aromatic heterocycles. The fraction of sp³-hybridized carbons (Fsp3) is 0.571. The van der Waals surface area contributed by atoms with E-state index >= 15 is 0 Å². The SMILES string of the molecule is OC(CCN1CCOC2(CCN(Cc3cnc[nH]3)CC2)C1)c1ccccc1. The number of piperidine rings is 1. The first-order valence-corrected chi connectivity index (χ1v) is 10.0. The largest absolute Gasteiger partial charge is 0.388 e. The third-order valence-corrected chi connectivity index (χ3v) is 5.95. The molecule has 2 aromatic rings. The van der Waals surface area contributed by atoms with Crippen LogP contribution in [0.5, 0.6) is 0 Å². The van der Waals surface area contributed by atoms with E-state index < -0.39 is 0 Å². The molecule has 146 valence electrons. The molecule has 2 saturated heterocycles. The van der Waals surface area contributed by atoms with Gasteiger partial charge in [-0.15, -0.1) is 0 Å². The van der Waals surface area contributed by atoms with Crippen LogP contribution in [0.2, 0.25) is 0 Å². The minimum Gasteiger partial charge on any atom is -0.388 e. The van der Waals surface area contributed by atoms with Crippen molar-refractivity contribution in [3.05, 3.63) is 54.1 Å². The van der Waals surface area contributed by atoms with Crippen molar-refractivity contribution < 1.29 is 9.84 Å². The molecule has 0 radical (unpaired) electrons. The number of hydrogen-bond acceptors (Lipinski definition) is 5. The fourth-order valence-electron chi connectivity index (χ4n) is 4.29. The molecule has 1 atom stereocenters. The zero-order valence-corrected chi connectivity index (χ0v) is 15.9. The Bertz CT molecular complexity index is 683. The number of H-pyrrole nitrogens is 1. The molecule has 6 nitrogen and oxygen atoms in total. The van der Waals surface area contributed by atoms with Gasteiger partial charge < -0.3 is 14.8 Å². The minimum atomic E-state index is -0.388. The average Bonchev–Trinajstić information content (AvgIpc) is 3.22. The van der Waals surface area contributed by atoms with Crippen LogP contribution >= 0.6 is 0 Å². The number of imidazole rings is 1. The van der Waals surface area contributed by atoms with Crippen molar-refractivity contribution in [2.24, 2.45) is 0 Å². The van der Waals surface area contributed by atoms with E-state index in [1.807, 2.05) is 36.5 Å². The topological polar surface area (TPSA) is 64.6 Å². The first-order chi connectivity index (χ1) is 13.2. The van der Waals surface area contributed by atoms with Crippen molar-refractivity contribution in [2.75, 3.05) is 39.3 Å². The third kappa shape index (κ3) is 4.76. The molecule has 0 amide bonds. The van der Waals surface area contributed by atoms with E-state index in [4.69, 9.17) is 4.74 Å². The summed E-state index contributed by atoms with van der Waals surface area (Å²) >= 11 is 0. The predicted octanol–water partition coefficient (Wildman–Crippen LogP) is 2.20. The average molecular weight is 370 g/mol. The van der Waals surface area contributed by atoms with Gasteiger partial charge in [0.15, 0.2) is 0 Å². The van der Waals surface area contributed by atoms with Gasteiger partial charge in [0.2, 0.25) is 0 Å². The van der Waals surface area contributed by atoms with Gasteiger partial charge in [0, 0.05) is 51.2 Å². The molecule has 2 fully saturated rings. The van der Waals surface area contributed by atoms with Gasteiger partial charge in [-0.25, -0.2) is 4.98 Å². The molecule has 6 heteroatoms. The number of hydrogen-bond donors (Lipinski definition) is 2. The maximum atomic E-state index is 10.4. The first-order valence-electron chi connectivity index (χ1n) is 10.0. The van der Waals surface area contributed by atoms with E-state index in [2.05, 4.69) is 19.8 Å². The van der Waals surface area contributed by atoms with Gasteiger partial charge in [-0.05, 0) is 24.8 Å². The summed E-state index contributed by atoms with van der Waals surface area (Å²) in [6, 6.07) is 9.96. The number of aromatic nitrogens is 2. The second kappa shape index (κ2) is 8.52. The summed E-state index contributed by atoms with van der Waals surface area (Å²) in [5, 5.41) is 10.4. The summed E-state index contributed by atoms with van der Waals surface area (Å²) in [5.41, 5.74) is 2.17. The van der Waals surface area contributed by atoms with Gasteiger partial charge in [0.05, 0.1) is 24.6 Å². The van der Waals surface area contributed by atoms with Crippen molar-refractivity contribution in [1.82, 2.24) is 19.8 Å². The van der Waals surface area contributed by atoms with E-state index in [0.717, 1.165) is 70.7 Å². The Balaban J connectivity index is 1.26. The van der Waals surface area contributed by atoms with Crippen molar-refractivity contribution in [1.29, 1.82) is 0 Å². The number of rotatable bonds is 6. The van der Waals surface area contributed by atoms with E-state index in [1.165, 1.54) is 5.69 Å². The second-order valence-electron chi connectivity index (χ2n) is 7.88. The molecule has 1 aromatic carbocycles. The Kier molecular flexibility index (Phi) is 5.88. The predicted molar refractivity (Wildman–Crippen MR) is 104 cm³/mol. The number of benzene rings is 1. The molecule has 4 rings (SSSR count). The van der Waals surface area contributed by atoms with E-state index in [1.54, 1.807) is 6.33 Å². The molecule has 0 aliphatic carbocycles. The lowest BCUT2D eigenvalue weighted by atomic mass is 9.89. The molecule has 0 bridgehead atoms. The van der Waals surface area contributed by atoms with Crippen LogP contribution in [0.4, 0.5) is 0 Å². The maximum Gasteiger partial charge on any atom is 0.0922 e. The molecular formula is C21H30N4O2. The number of nitrogens with zero attached hydrogens (tertiary/aromatic N) is 3. The van der Waals surface area contributed by atoms with Crippen LogP contribution in [0.3, 0.4) is 0 Å². The second-order valence-corrected chi connectivity index (χ2v) is 7.88. The van der Waals surface area contributed by atoms with Crippen LogP contribution in [-0.4, -0.2) is 69.8 Å². The van der Waals surface area contributed by atoms with Gasteiger partial charge >= 0.3 is 0 Å². The Morgan fingerprint density at radius 1 is 1.15 bits per heavy atom. The standard InChI is InChI=1S/C21H30N4O2/c26-20(18-4-2-1-3-5-18)6-9-25-12-13-27-21(16-25)7-10-24(11-8-21)15-19-14-22-17-23-19/h1-5,14,17,20,26H,6-13,15-16H2,(H,22,23). The molecule has 1 unspecified atom stereocenters. The molecule has 27 heavy (non-hydrogen) atoms. The number of likely N-dealkylation sites (tertiary alicyclic amines) is 1. The summed E-state index contributed by atoms with van der Waals surface area (Å²) in [6.07, 6.45) is 6.17. The monoisotopic (exact) mass is 370 g/mol. The number of aromatic amines is 1. The van der Waals surface area contributed by atoms with E-state index in [0.29, 0.717) is 0 Å². The molecule has 0 saturated carbocycles. The number of nitrogens with one attached hydrogen (secondary N) is 1. The summed E-state index contributed by atoms with van der Waals surface area (Å²) in [7, 11) is 0. The Labute approximate surface area is 161 Å². The molecule has 2 aliphatic heterocycles. The Hall–Kier alpha value is -1.73. The zero-order valence-electron chi connectivity index (χ0n) is 15.9. The molecule has 2 aliphatic rings. The Morgan fingerprint density at radius 2 is 1.96 bits per heavy atom. The zero-order chi connectivity index (χ0) is 18.5. The number of ether oxygens (including phenoxy) is 1. The minimum absolute atomic E-state index is 0.0135. The highest BCUT2D eigenvalue weighted by Gasteiger charge is 2.39. The summed E-state index contributed by atoms with van der Waals surface area (Å²) in [4.78, 5) is 12.2. The molecular weight excluding hydrogens is 340 g/mol. The number of morpholine rings is 1. The fourth-order valence-corrected chi connectivity index (χ4v) is 4.29. The van der Waals surface area contributed by atoms with Crippen molar-refractivity contribution in [3.8, 4) is 0 Å². The lowest BCUT2D eigenvalue weighted by Crippen LogP contribution is -2.56. The van der Waals surface area contributed by atoms with Crippen molar-refractivity contribution in [3.63, 3.8) is 0 Å². The van der Waals surface area contributed by atoms with E-state index in [-0.39, 0.29) is 11.7 Å².